The smallest absolute Gasteiger partial charge is 0.312 e. The van der Waals surface area contributed by atoms with Crippen LogP contribution in [0.15, 0.2) is 0 Å². The van der Waals surface area contributed by atoms with E-state index in [4.69, 9.17) is 0 Å². The molecule has 1 heterocycles. The van der Waals surface area contributed by atoms with Gasteiger partial charge in [0.15, 0.2) is 0 Å². The maximum atomic E-state index is 12.5. The molecule has 1 aliphatic heterocycles. The zero-order valence-electron chi connectivity index (χ0n) is 14.2. The highest BCUT2D eigenvalue weighted by Crippen LogP contribution is 2.21. The third kappa shape index (κ3) is 5.68. The molecule has 0 radical (unpaired) electrons. The van der Waals surface area contributed by atoms with Crippen LogP contribution in [0, 0.1) is 11.8 Å². The Bertz CT molecular complexity index is 326. The monoisotopic (exact) mass is 296 g/mol. The van der Waals surface area contributed by atoms with Gasteiger partial charge in [0.2, 0.25) is 0 Å². The molecule has 0 N–H and O–H groups in total. The van der Waals surface area contributed by atoms with Crippen LogP contribution in [0.2, 0.25) is 0 Å². The average Bonchev–Trinajstić information content (AvgIpc) is 2.45. The quantitative estimate of drug-likeness (QED) is 0.707. The first-order valence-corrected chi connectivity index (χ1v) is 8.57. The predicted octanol–water partition coefficient (Wildman–Crippen LogP) is 2.92. The molecule has 0 aromatic carbocycles. The average molecular weight is 296 g/mol. The molecule has 2 amide bonds. The maximum absolute atomic E-state index is 12.5. The van der Waals surface area contributed by atoms with Crippen LogP contribution >= 0.6 is 0 Å². The number of rotatable bonds is 6. The van der Waals surface area contributed by atoms with Crippen molar-refractivity contribution in [1.82, 2.24) is 9.80 Å². The highest BCUT2D eigenvalue weighted by molar-refractivity contribution is 6.34. The minimum absolute atomic E-state index is 0.291. The molecule has 1 aliphatic rings. The number of carbonyl (C=O) groups excluding carboxylic acids is 2. The molecule has 1 saturated heterocycles. The minimum Gasteiger partial charge on any atom is -0.334 e. The highest BCUT2D eigenvalue weighted by atomic mass is 16.2. The van der Waals surface area contributed by atoms with E-state index in [-0.39, 0.29) is 11.8 Å². The Labute approximate surface area is 129 Å². The summed E-state index contributed by atoms with van der Waals surface area (Å²) in [6, 6.07) is 0. The molecule has 0 aliphatic carbocycles. The summed E-state index contributed by atoms with van der Waals surface area (Å²) < 4.78 is 0. The van der Waals surface area contributed by atoms with E-state index in [0.717, 1.165) is 45.2 Å². The molecule has 0 spiro atoms. The maximum Gasteiger partial charge on any atom is 0.312 e. The third-order valence-corrected chi connectivity index (χ3v) is 4.19. The van der Waals surface area contributed by atoms with Crippen molar-refractivity contribution in [3.8, 4) is 0 Å². The lowest BCUT2D eigenvalue weighted by molar-refractivity contribution is -0.153. The summed E-state index contributed by atoms with van der Waals surface area (Å²) in [5.74, 6) is 0.397. The number of likely N-dealkylation sites (tertiary alicyclic amines) is 1. The largest absolute Gasteiger partial charge is 0.334 e. The fraction of sp³-hybridized carbons (Fsp3) is 0.882. The van der Waals surface area contributed by atoms with Gasteiger partial charge in [-0.3, -0.25) is 9.59 Å². The van der Waals surface area contributed by atoms with E-state index in [1.807, 2.05) is 0 Å². The molecular weight excluding hydrogens is 264 g/mol. The molecule has 1 rings (SSSR count). The predicted molar refractivity (Wildman–Crippen MR) is 85.9 cm³/mol. The number of carbonyl (C=O) groups is 2. The van der Waals surface area contributed by atoms with Crippen molar-refractivity contribution in [1.29, 1.82) is 0 Å². The van der Waals surface area contributed by atoms with Crippen LogP contribution in [0.25, 0.3) is 0 Å². The summed E-state index contributed by atoms with van der Waals surface area (Å²) in [5, 5.41) is 0. The Hall–Kier alpha value is -1.06. The number of hydrogen-bond donors (Lipinski definition) is 0. The Morgan fingerprint density at radius 1 is 1.00 bits per heavy atom. The first-order chi connectivity index (χ1) is 9.99. The van der Waals surface area contributed by atoms with E-state index in [9.17, 15) is 9.59 Å². The van der Waals surface area contributed by atoms with E-state index in [1.54, 1.807) is 9.80 Å². The van der Waals surface area contributed by atoms with E-state index >= 15 is 0 Å². The topological polar surface area (TPSA) is 40.6 Å². The first-order valence-electron chi connectivity index (χ1n) is 8.57. The number of piperidine rings is 1. The summed E-state index contributed by atoms with van der Waals surface area (Å²) in [6.07, 6.45) is 5.17. The molecule has 0 saturated carbocycles. The standard InChI is InChI=1S/C17H32N2O2/c1-5-7-9-18(10-8-6-2)16(20)17(21)19-12-14(3)11-15(4)13-19/h14-15H,5-13H2,1-4H3. The van der Waals surface area contributed by atoms with Crippen LogP contribution in [-0.2, 0) is 9.59 Å². The third-order valence-electron chi connectivity index (χ3n) is 4.19. The second-order valence-electron chi connectivity index (χ2n) is 6.66. The molecule has 21 heavy (non-hydrogen) atoms. The van der Waals surface area contributed by atoms with Crippen molar-refractivity contribution in [2.75, 3.05) is 26.2 Å². The van der Waals surface area contributed by atoms with Crippen molar-refractivity contribution in [2.24, 2.45) is 11.8 Å². The van der Waals surface area contributed by atoms with Crippen molar-refractivity contribution in [3.05, 3.63) is 0 Å². The second kappa shape index (κ2) is 9.06. The van der Waals surface area contributed by atoms with Crippen molar-refractivity contribution >= 4 is 11.8 Å². The normalized spacial score (nSPS) is 22.2. The lowest BCUT2D eigenvalue weighted by Gasteiger charge is -2.35. The number of hydrogen-bond acceptors (Lipinski definition) is 2. The van der Waals surface area contributed by atoms with Crippen LogP contribution in [0.5, 0.6) is 0 Å². The first kappa shape index (κ1) is 18.0. The molecule has 1 fully saturated rings. The van der Waals surface area contributed by atoms with E-state index in [0.29, 0.717) is 24.9 Å². The van der Waals surface area contributed by atoms with Gasteiger partial charge in [0.05, 0.1) is 0 Å². The zero-order chi connectivity index (χ0) is 15.8. The van der Waals surface area contributed by atoms with Crippen LogP contribution in [0.3, 0.4) is 0 Å². The van der Waals surface area contributed by atoms with Gasteiger partial charge in [0.25, 0.3) is 0 Å². The molecule has 2 atom stereocenters. The van der Waals surface area contributed by atoms with E-state index in [2.05, 4.69) is 27.7 Å². The van der Waals surface area contributed by atoms with Gasteiger partial charge in [-0.05, 0) is 31.1 Å². The highest BCUT2D eigenvalue weighted by Gasteiger charge is 2.31. The molecule has 2 unspecified atom stereocenters. The lowest BCUT2D eigenvalue weighted by Crippen LogP contribution is -2.50. The zero-order valence-corrected chi connectivity index (χ0v) is 14.2. The second-order valence-corrected chi connectivity index (χ2v) is 6.66. The van der Waals surface area contributed by atoms with Crippen molar-refractivity contribution in [2.45, 2.75) is 59.8 Å². The van der Waals surface area contributed by atoms with Gasteiger partial charge in [-0.1, -0.05) is 40.5 Å². The Morgan fingerprint density at radius 2 is 1.48 bits per heavy atom. The van der Waals surface area contributed by atoms with Crippen LogP contribution < -0.4 is 0 Å². The molecule has 0 aromatic heterocycles. The fourth-order valence-corrected chi connectivity index (χ4v) is 3.11. The fourth-order valence-electron chi connectivity index (χ4n) is 3.11. The molecular formula is C17H32N2O2. The van der Waals surface area contributed by atoms with Crippen molar-refractivity contribution in [3.63, 3.8) is 0 Å². The van der Waals surface area contributed by atoms with Crippen LogP contribution in [0.1, 0.15) is 59.8 Å². The minimum atomic E-state index is -0.293. The van der Waals surface area contributed by atoms with E-state index in [1.165, 1.54) is 0 Å². The lowest BCUT2D eigenvalue weighted by atomic mass is 9.92. The number of amides is 2. The van der Waals surface area contributed by atoms with Gasteiger partial charge >= 0.3 is 11.8 Å². The van der Waals surface area contributed by atoms with Gasteiger partial charge in [-0.25, -0.2) is 0 Å². The summed E-state index contributed by atoms with van der Waals surface area (Å²) in [4.78, 5) is 28.5. The van der Waals surface area contributed by atoms with Gasteiger partial charge in [-0.15, -0.1) is 0 Å². The van der Waals surface area contributed by atoms with Crippen LogP contribution in [0.4, 0.5) is 0 Å². The van der Waals surface area contributed by atoms with E-state index < -0.39 is 0 Å². The Balaban J connectivity index is 2.65. The molecule has 0 bridgehead atoms. The molecule has 122 valence electrons. The summed E-state index contributed by atoms with van der Waals surface area (Å²) in [6.45, 7) is 11.4. The van der Waals surface area contributed by atoms with Crippen molar-refractivity contribution < 1.29 is 9.59 Å². The SMILES string of the molecule is CCCCN(CCCC)C(=O)C(=O)N1CC(C)CC(C)C1. The summed E-state index contributed by atoms with van der Waals surface area (Å²) in [5.41, 5.74) is 0. The molecule has 0 aromatic rings. The number of nitrogens with zero attached hydrogens (tertiary/aromatic N) is 2. The van der Waals surface area contributed by atoms with Gasteiger partial charge < -0.3 is 9.80 Å². The summed E-state index contributed by atoms with van der Waals surface area (Å²) >= 11 is 0. The molecule has 4 heteroatoms. The Kier molecular flexibility index (Phi) is 7.76. The Morgan fingerprint density at radius 3 is 1.90 bits per heavy atom. The van der Waals surface area contributed by atoms with Gasteiger partial charge in [0.1, 0.15) is 0 Å². The van der Waals surface area contributed by atoms with Gasteiger partial charge in [-0.2, -0.15) is 0 Å². The summed E-state index contributed by atoms with van der Waals surface area (Å²) in [7, 11) is 0. The molecule has 4 nitrogen and oxygen atoms in total. The van der Waals surface area contributed by atoms with Crippen LogP contribution in [-0.4, -0.2) is 47.8 Å². The number of unbranched alkanes of at least 4 members (excludes halogenated alkanes) is 2. The van der Waals surface area contributed by atoms with Gasteiger partial charge in [0, 0.05) is 26.2 Å².